The summed E-state index contributed by atoms with van der Waals surface area (Å²) in [7, 11) is 0. The number of anilines is 1. The highest BCUT2D eigenvalue weighted by Gasteiger charge is 2.05. The first-order valence-corrected chi connectivity index (χ1v) is 8.07. The van der Waals surface area contributed by atoms with Gasteiger partial charge in [-0.2, -0.15) is 11.8 Å². The van der Waals surface area contributed by atoms with Gasteiger partial charge in [0.1, 0.15) is 6.26 Å². The van der Waals surface area contributed by atoms with Gasteiger partial charge in [0.15, 0.2) is 0 Å². The molecule has 2 aromatic rings. The molecule has 2 amide bonds. The summed E-state index contributed by atoms with van der Waals surface area (Å²) in [5.41, 5.74) is 1.54. The minimum absolute atomic E-state index is 0.193. The summed E-state index contributed by atoms with van der Waals surface area (Å²) in [5, 5.41) is 5.65. The lowest BCUT2D eigenvalue weighted by Crippen LogP contribution is -2.29. The largest absolute Gasteiger partial charge is 0.445 e. The fourth-order valence-corrected chi connectivity index (χ4v) is 2.43. The average Bonchev–Trinajstić information content (AvgIpc) is 3.01. The monoisotopic (exact) mass is 305 g/mol. The highest BCUT2D eigenvalue weighted by Crippen LogP contribution is 2.20. The molecule has 0 fully saturated rings. The molecule has 0 saturated heterocycles. The fourth-order valence-electron chi connectivity index (χ4n) is 1.79. The summed E-state index contributed by atoms with van der Waals surface area (Å²) in [4.78, 5) is 15.9. The topological polar surface area (TPSA) is 67.2 Å². The molecule has 0 aliphatic carbocycles. The zero-order chi connectivity index (χ0) is 14.9. The Hall–Kier alpha value is -1.95. The number of carbonyl (C=O) groups is 1. The summed E-state index contributed by atoms with van der Waals surface area (Å²) < 4.78 is 5.24. The molecule has 0 aliphatic rings. The van der Waals surface area contributed by atoms with Crippen molar-refractivity contribution in [3.8, 4) is 11.5 Å². The molecule has 1 aromatic carbocycles. The highest BCUT2D eigenvalue weighted by molar-refractivity contribution is 7.99. The Morgan fingerprint density at radius 3 is 3.10 bits per heavy atom. The molecule has 6 heteroatoms. The lowest BCUT2D eigenvalue weighted by atomic mass is 10.2. The van der Waals surface area contributed by atoms with Crippen LogP contribution in [0.2, 0.25) is 0 Å². The van der Waals surface area contributed by atoms with Crippen molar-refractivity contribution >= 4 is 23.5 Å². The van der Waals surface area contributed by atoms with Crippen LogP contribution in [0.4, 0.5) is 10.5 Å². The van der Waals surface area contributed by atoms with E-state index >= 15 is 0 Å². The first-order chi connectivity index (χ1) is 10.3. The van der Waals surface area contributed by atoms with Gasteiger partial charge in [-0.3, -0.25) is 0 Å². The van der Waals surface area contributed by atoms with Crippen LogP contribution in [0.3, 0.4) is 0 Å². The SMILES string of the molecule is CCSCCCNC(=O)Nc1cccc(-c2ncco2)c1. The van der Waals surface area contributed by atoms with Gasteiger partial charge in [-0.25, -0.2) is 9.78 Å². The molecule has 2 N–H and O–H groups in total. The average molecular weight is 305 g/mol. The smallest absolute Gasteiger partial charge is 0.319 e. The van der Waals surface area contributed by atoms with Crippen molar-refractivity contribution in [1.29, 1.82) is 0 Å². The number of hydrogen-bond acceptors (Lipinski definition) is 4. The minimum atomic E-state index is -0.193. The molecule has 0 aliphatic heterocycles. The first kappa shape index (κ1) is 15.4. The van der Waals surface area contributed by atoms with Crippen LogP contribution in [0.1, 0.15) is 13.3 Å². The van der Waals surface area contributed by atoms with Crippen LogP contribution in [-0.4, -0.2) is 29.1 Å². The molecule has 0 bridgehead atoms. The van der Waals surface area contributed by atoms with E-state index in [1.54, 1.807) is 6.20 Å². The van der Waals surface area contributed by atoms with E-state index in [1.807, 2.05) is 36.0 Å². The van der Waals surface area contributed by atoms with Crippen molar-refractivity contribution in [1.82, 2.24) is 10.3 Å². The van der Waals surface area contributed by atoms with Gasteiger partial charge in [0.05, 0.1) is 6.20 Å². The molecule has 2 rings (SSSR count). The van der Waals surface area contributed by atoms with Gasteiger partial charge in [-0.05, 0) is 36.1 Å². The number of hydrogen-bond donors (Lipinski definition) is 2. The van der Waals surface area contributed by atoms with E-state index in [1.165, 1.54) is 6.26 Å². The number of nitrogens with zero attached hydrogens (tertiary/aromatic N) is 1. The molecule has 21 heavy (non-hydrogen) atoms. The molecule has 5 nitrogen and oxygen atoms in total. The first-order valence-electron chi connectivity index (χ1n) is 6.92. The second kappa shape index (κ2) is 8.36. The molecule has 112 valence electrons. The van der Waals surface area contributed by atoms with Crippen LogP contribution in [-0.2, 0) is 0 Å². The highest BCUT2D eigenvalue weighted by atomic mass is 32.2. The third-order valence-electron chi connectivity index (χ3n) is 2.75. The maximum atomic E-state index is 11.8. The quantitative estimate of drug-likeness (QED) is 0.767. The zero-order valence-corrected chi connectivity index (χ0v) is 12.8. The van der Waals surface area contributed by atoms with Crippen LogP contribution in [0.5, 0.6) is 0 Å². The number of amides is 2. The molecule has 0 radical (unpaired) electrons. The Kier molecular flexibility index (Phi) is 6.15. The van der Waals surface area contributed by atoms with Gasteiger partial charge in [-0.15, -0.1) is 0 Å². The lowest BCUT2D eigenvalue weighted by Gasteiger charge is -2.08. The van der Waals surface area contributed by atoms with Crippen LogP contribution in [0.15, 0.2) is 41.1 Å². The summed E-state index contributed by atoms with van der Waals surface area (Å²) in [6, 6.07) is 7.21. The number of aromatic nitrogens is 1. The maximum absolute atomic E-state index is 11.8. The minimum Gasteiger partial charge on any atom is -0.445 e. The molecular formula is C15H19N3O2S. The van der Waals surface area contributed by atoms with Crippen LogP contribution in [0.25, 0.3) is 11.5 Å². The van der Waals surface area contributed by atoms with Crippen molar-refractivity contribution in [2.75, 3.05) is 23.4 Å². The molecule has 1 heterocycles. The maximum Gasteiger partial charge on any atom is 0.319 e. The summed E-state index contributed by atoms with van der Waals surface area (Å²) >= 11 is 1.88. The molecule has 0 spiro atoms. The van der Waals surface area contributed by atoms with Gasteiger partial charge in [-0.1, -0.05) is 13.0 Å². The molecular weight excluding hydrogens is 286 g/mol. The third-order valence-corrected chi connectivity index (χ3v) is 3.74. The molecule has 1 aromatic heterocycles. The van der Waals surface area contributed by atoms with Crippen molar-refractivity contribution < 1.29 is 9.21 Å². The van der Waals surface area contributed by atoms with Gasteiger partial charge < -0.3 is 15.1 Å². The number of thioether (sulfide) groups is 1. The van der Waals surface area contributed by atoms with Gasteiger partial charge in [0.25, 0.3) is 0 Å². The summed E-state index contributed by atoms with van der Waals surface area (Å²) in [6.45, 7) is 2.81. The summed E-state index contributed by atoms with van der Waals surface area (Å²) in [6.07, 6.45) is 4.09. The second-order valence-electron chi connectivity index (χ2n) is 4.35. The van der Waals surface area contributed by atoms with E-state index in [0.717, 1.165) is 23.5 Å². The van der Waals surface area contributed by atoms with Crippen LogP contribution < -0.4 is 10.6 Å². The number of urea groups is 1. The van der Waals surface area contributed by atoms with E-state index < -0.39 is 0 Å². The Morgan fingerprint density at radius 2 is 2.33 bits per heavy atom. The van der Waals surface area contributed by atoms with Crippen molar-refractivity contribution in [3.05, 3.63) is 36.7 Å². The van der Waals surface area contributed by atoms with Gasteiger partial charge in [0, 0.05) is 17.8 Å². The zero-order valence-electron chi connectivity index (χ0n) is 12.0. The van der Waals surface area contributed by atoms with Crippen LogP contribution >= 0.6 is 11.8 Å². The summed E-state index contributed by atoms with van der Waals surface area (Å²) in [5.74, 6) is 2.71. The van der Waals surface area contributed by atoms with Crippen molar-refractivity contribution in [2.24, 2.45) is 0 Å². The van der Waals surface area contributed by atoms with Crippen LogP contribution in [0, 0.1) is 0 Å². The van der Waals surface area contributed by atoms with Gasteiger partial charge >= 0.3 is 6.03 Å². The van der Waals surface area contributed by atoms with E-state index in [0.29, 0.717) is 18.1 Å². The number of oxazole rings is 1. The number of nitrogens with one attached hydrogen (secondary N) is 2. The van der Waals surface area contributed by atoms with E-state index in [2.05, 4.69) is 22.5 Å². The van der Waals surface area contributed by atoms with E-state index in [-0.39, 0.29) is 6.03 Å². The van der Waals surface area contributed by atoms with E-state index in [4.69, 9.17) is 4.42 Å². The predicted octanol–water partition coefficient (Wildman–Crippen LogP) is 3.61. The van der Waals surface area contributed by atoms with Crippen molar-refractivity contribution in [3.63, 3.8) is 0 Å². The lowest BCUT2D eigenvalue weighted by molar-refractivity contribution is 0.252. The fraction of sp³-hybridized carbons (Fsp3) is 0.333. The Labute approximate surface area is 128 Å². The normalized spacial score (nSPS) is 10.3. The molecule has 0 atom stereocenters. The Bertz CT molecular complexity index is 558. The Balaban J connectivity index is 1.82. The Morgan fingerprint density at radius 1 is 1.43 bits per heavy atom. The standard InChI is InChI=1S/C15H19N3O2S/c1-2-21-10-4-7-17-15(19)18-13-6-3-5-12(11-13)14-16-8-9-20-14/h3,5-6,8-9,11H,2,4,7,10H2,1H3,(H2,17,18,19). The third kappa shape index (κ3) is 5.15. The number of benzene rings is 1. The van der Waals surface area contributed by atoms with E-state index in [9.17, 15) is 4.79 Å². The molecule has 0 saturated carbocycles. The predicted molar refractivity (Wildman–Crippen MR) is 86.6 cm³/mol. The number of carbonyl (C=O) groups excluding carboxylic acids is 1. The second-order valence-corrected chi connectivity index (χ2v) is 5.74. The van der Waals surface area contributed by atoms with Gasteiger partial charge in [0.2, 0.25) is 5.89 Å². The number of rotatable bonds is 7. The van der Waals surface area contributed by atoms with Crippen molar-refractivity contribution in [2.45, 2.75) is 13.3 Å². The molecule has 0 unspecified atom stereocenters.